The van der Waals surface area contributed by atoms with E-state index in [0.717, 1.165) is 19.3 Å². The number of aliphatic carboxylic acids is 1. The van der Waals surface area contributed by atoms with E-state index in [0.29, 0.717) is 6.61 Å². The molecular weight excluding hydrogens is 184 g/mol. The molecule has 0 aliphatic carbocycles. The van der Waals surface area contributed by atoms with Gasteiger partial charge in [0.15, 0.2) is 0 Å². The molecule has 4 heteroatoms. The third kappa shape index (κ3) is 6.46. The first-order valence-electron chi connectivity index (χ1n) is 4.96. The molecule has 1 unspecified atom stereocenters. The van der Waals surface area contributed by atoms with Gasteiger partial charge >= 0.3 is 11.9 Å². The van der Waals surface area contributed by atoms with Crippen LogP contribution in [0.3, 0.4) is 0 Å². The number of carboxylic acids is 1. The molecule has 0 fully saturated rings. The van der Waals surface area contributed by atoms with Gasteiger partial charge in [-0.1, -0.05) is 26.7 Å². The molecule has 0 radical (unpaired) electrons. The maximum absolute atomic E-state index is 11.2. The van der Waals surface area contributed by atoms with Crippen molar-refractivity contribution in [2.24, 2.45) is 5.92 Å². The quantitative estimate of drug-likeness (QED) is 0.505. The van der Waals surface area contributed by atoms with Gasteiger partial charge in [0.25, 0.3) is 0 Å². The van der Waals surface area contributed by atoms with Crippen molar-refractivity contribution >= 4 is 11.9 Å². The summed E-state index contributed by atoms with van der Waals surface area (Å²) in [6.07, 6.45) is 2.79. The number of carbonyl (C=O) groups is 2. The molecule has 0 spiro atoms. The second-order valence-electron chi connectivity index (χ2n) is 3.37. The molecule has 0 aromatic heterocycles. The molecule has 0 saturated heterocycles. The van der Waals surface area contributed by atoms with E-state index >= 15 is 0 Å². The van der Waals surface area contributed by atoms with E-state index in [4.69, 9.17) is 9.84 Å². The molecule has 0 aliphatic rings. The largest absolute Gasteiger partial charge is 0.481 e. The molecule has 0 bridgehead atoms. The second-order valence-corrected chi connectivity index (χ2v) is 3.37. The number of unbranched alkanes of at least 4 members (excludes halogenated alkanes) is 2. The Morgan fingerprint density at radius 1 is 1.36 bits per heavy atom. The number of esters is 1. The molecule has 0 aromatic carbocycles. The monoisotopic (exact) mass is 202 g/mol. The van der Waals surface area contributed by atoms with E-state index in [1.165, 1.54) is 0 Å². The first-order valence-corrected chi connectivity index (χ1v) is 4.96. The number of hydrogen-bond donors (Lipinski definition) is 1. The van der Waals surface area contributed by atoms with Crippen molar-refractivity contribution in [1.82, 2.24) is 0 Å². The Hall–Kier alpha value is -1.06. The Kier molecular flexibility index (Phi) is 6.80. The van der Waals surface area contributed by atoms with Gasteiger partial charge in [-0.05, 0) is 6.42 Å². The molecule has 14 heavy (non-hydrogen) atoms. The van der Waals surface area contributed by atoms with Crippen molar-refractivity contribution in [3.05, 3.63) is 0 Å². The Labute approximate surface area is 84.3 Å². The van der Waals surface area contributed by atoms with Gasteiger partial charge in [0, 0.05) is 0 Å². The highest BCUT2D eigenvalue weighted by Gasteiger charge is 2.17. The first kappa shape index (κ1) is 12.9. The van der Waals surface area contributed by atoms with Gasteiger partial charge < -0.3 is 9.84 Å². The molecule has 0 aromatic rings. The summed E-state index contributed by atoms with van der Waals surface area (Å²) in [5.41, 5.74) is 0. The van der Waals surface area contributed by atoms with Crippen LogP contribution in [-0.2, 0) is 14.3 Å². The minimum atomic E-state index is -0.969. The van der Waals surface area contributed by atoms with E-state index in [2.05, 4.69) is 6.92 Å². The molecule has 82 valence electrons. The van der Waals surface area contributed by atoms with Gasteiger partial charge in [0.05, 0.1) is 18.9 Å². The Balaban J connectivity index is 3.57. The summed E-state index contributed by atoms with van der Waals surface area (Å²) < 4.78 is 4.90. The summed E-state index contributed by atoms with van der Waals surface area (Å²) in [6, 6.07) is 0. The van der Waals surface area contributed by atoms with E-state index in [1.807, 2.05) is 0 Å². The molecule has 0 aliphatic heterocycles. The molecular formula is C10H18O4. The normalized spacial score (nSPS) is 12.1. The lowest BCUT2D eigenvalue weighted by Crippen LogP contribution is -2.18. The number of rotatable bonds is 7. The third-order valence-corrected chi connectivity index (χ3v) is 1.88. The highest BCUT2D eigenvalue weighted by Crippen LogP contribution is 2.05. The molecule has 4 nitrogen and oxygen atoms in total. The van der Waals surface area contributed by atoms with Crippen LogP contribution in [0.5, 0.6) is 0 Å². The average Bonchev–Trinajstić information content (AvgIpc) is 2.11. The Morgan fingerprint density at radius 3 is 2.50 bits per heavy atom. The zero-order valence-electron chi connectivity index (χ0n) is 8.78. The van der Waals surface area contributed by atoms with E-state index < -0.39 is 17.9 Å². The van der Waals surface area contributed by atoms with Gasteiger partial charge in [-0.2, -0.15) is 0 Å². The second kappa shape index (κ2) is 7.35. The van der Waals surface area contributed by atoms with Crippen LogP contribution in [-0.4, -0.2) is 23.7 Å². The van der Waals surface area contributed by atoms with Crippen molar-refractivity contribution in [3.8, 4) is 0 Å². The fraction of sp³-hybridized carbons (Fsp3) is 0.800. The van der Waals surface area contributed by atoms with Crippen LogP contribution in [0.2, 0.25) is 0 Å². The standard InChI is InChI=1S/C10H18O4/c1-3-4-5-6-14-10(13)8(2)7-9(11)12/h8H,3-7H2,1-2H3,(H,11,12). The molecule has 0 rings (SSSR count). The van der Waals surface area contributed by atoms with Gasteiger partial charge in [-0.25, -0.2) is 0 Å². The smallest absolute Gasteiger partial charge is 0.309 e. The number of ether oxygens (including phenoxy) is 1. The van der Waals surface area contributed by atoms with Crippen molar-refractivity contribution in [3.63, 3.8) is 0 Å². The highest BCUT2D eigenvalue weighted by molar-refractivity contribution is 5.78. The maximum Gasteiger partial charge on any atom is 0.309 e. The van der Waals surface area contributed by atoms with Gasteiger partial charge in [0.2, 0.25) is 0 Å². The summed E-state index contributed by atoms with van der Waals surface area (Å²) in [5.74, 6) is -1.93. The summed E-state index contributed by atoms with van der Waals surface area (Å²) in [6.45, 7) is 4.03. The van der Waals surface area contributed by atoms with Crippen molar-refractivity contribution in [2.45, 2.75) is 39.5 Å². The van der Waals surface area contributed by atoms with Crippen molar-refractivity contribution in [2.75, 3.05) is 6.61 Å². The van der Waals surface area contributed by atoms with Gasteiger partial charge in [-0.15, -0.1) is 0 Å². The van der Waals surface area contributed by atoms with Crippen LogP contribution in [0.1, 0.15) is 39.5 Å². The lowest BCUT2D eigenvalue weighted by molar-refractivity contribution is -0.152. The minimum absolute atomic E-state index is 0.160. The highest BCUT2D eigenvalue weighted by atomic mass is 16.5. The van der Waals surface area contributed by atoms with Gasteiger partial charge in [0.1, 0.15) is 0 Å². The van der Waals surface area contributed by atoms with E-state index in [-0.39, 0.29) is 6.42 Å². The Bertz CT molecular complexity index is 189. The molecule has 0 amide bonds. The third-order valence-electron chi connectivity index (χ3n) is 1.88. The fourth-order valence-electron chi connectivity index (χ4n) is 1.01. The van der Waals surface area contributed by atoms with Gasteiger partial charge in [-0.3, -0.25) is 9.59 Å². The molecule has 0 saturated carbocycles. The maximum atomic E-state index is 11.2. The van der Waals surface area contributed by atoms with Crippen LogP contribution >= 0.6 is 0 Å². The summed E-state index contributed by atoms with van der Waals surface area (Å²) in [5, 5.41) is 8.43. The summed E-state index contributed by atoms with van der Waals surface area (Å²) in [7, 11) is 0. The SMILES string of the molecule is CCCCCOC(=O)C(C)CC(=O)O. The predicted octanol–water partition coefficient (Wildman–Crippen LogP) is 1.83. The number of hydrogen-bond acceptors (Lipinski definition) is 3. The summed E-state index contributed by atoms with van der Waals surface area (Å²) >= 11 is 0. The zero-order valence-corrected chi connectivity index (χ0v) is 8.78. The Morgan fingerprint density at radius 2 is 2.00 bits per heavy atom. The van der Waals surface area contributed by atoms with Crippen molar-refractivity contribution < 1.29 is 19.4 Å². The number of carbonyl (C=O) groups excluding carboxylic acids is 1. The zero-order chi connectivity index (χ0) is 11.0. The van der Waals surface area contributed by atoms with E-state index in [9.17, 15) is 9.59 Å². The molecule has 1 atom stereocenters. The lowest BCUT2D eigenvalue weighted by atomic mass is 10.1. The fourth-order valence-corrected chi connectivity index (χ4v) is 1.01. The number of carboxylic acid groups (broad SMARTS) is 1. The average molecular weight is 202 g/mol. The molecule has 0 heterocycles. The van der Waals surface area contributed by atoms with E-state index in [1.54, 1.807) is 6.92 Å². The summed E-state index contributed by atoms with van der Waals surface area (Å²) in [4.78, 5) is 21.4. The van der Waals surface area contributed by atoms with Crippen LogP contribution in [0.4, 0.5) is 0 Å². The lowest BCUT2D eigenvalue weighted by Gasteiger charge is -2.08. The van der Waals surface area contributed by atoms with Crippen LogP contribution < -0.4 is 0 Å². The minimum Gasteiger partial charge on any atom is -0.481 e. The topological polar surface area (TPSA) is 63.6 Å². The van der Waals surface area contributed by atoms with Crippen LogP contribution in [0.15, 0.2) is 0 Å². The predicted molar refractivity (Wildman–Crippen MR) is 51.9 cm³/mol. The first-order chi connectivity index (χ1) is 6.57. The van der Waals surface area contributed by atoms with Crippen LogP contribution in [0, 0.1) is 5.92 Å². The molecule has 1 N–H and O–H groups in total. The van der Waals surface area contributed by atoms with Crippen LogP contribution in [0.25, 0.3) is 0 Å². The van der Waals surface area contributed by atoms with Crippen molar-refractivity contribution in [1.29, 1.82) is 0 Å².